The summed E-state index contributed by atoms with van der Waals surface area (Å²) in [4.78, 5) is 19.6. The lowest BCUT2D eigenvalue weighted by Gasteiger charge is -2.13. The van der Waals surface area contributed by atoms with Gasteiger partial charge in [-0.3, -0.25) is 10.1 Å². The van der Waals surface area contributed by atoms with Gasteiger partial charge in [0.25, 0.3) is 5.69 Å². The van der Waals surface area contributed by atoms with Crippen molar-refractivity contribution in [1.82, 2.24) is 20.2 Å². The number of aromatic nitrogens is 4. The van der Waals surface area contributed by atoms with Crippen molar-refractivity contribution in [1.29, 1.82) is 0 Å². The Bertz CT molecular complexity index is 1720. The quantitative estimate of drug-likeness (QED) is 0.205. The molecule has 37 heavy (non-hydrogen) atoms. The molecule has 3 aromatic heterocycles. The Labute approximate surface area is 210 Å². The lowest BCUT2D eigenvalue weighted by atomic mass is 10.0. The van der Waals surface area contributed by atoms with Crippen molar-refractivity contribution in [2.24, 2.45) is 0 Å². The van der Waals surface area contributed by atoms with Crippen LogP contribution in [0.5, 0.6) is 0 Å². The van der Waals surface area contributed by atoms with Gasteiger partial charge in [-0.25, -0.2) is 9.97 Å². The average Bonchev–Trinajstić information content (AvgIpc) is 3.44. The largest absolute Gasteiger partial charge is 0.416 e. The number of fused-ring (bicyclic) bond motifs is 1. The summed E-state index contributed by atoms with van der Waals surface area (Å²) in [6, 6.07) is 29.6. The minimum Gasteiger partial charge on any atom is -0.416 e. The second kappa shape index (κ2) is 9.31. The van der Waals surface area contributed by atoms with Crippen LogP contribution in [0.2, 0.25) is 0 Å². The molecule has 3 heterocycles. The third-order valence-corrected chi connectivity index (χ3v) is 5.82. The first-order chi connectivity index (χ1) is 18.1. The molecule has 6 aromatic rings. The van der Waals surface area contributed by atoms with Gasteiger partial charge in [-0.05, 0) is 60.2 Å². The maximum atomic E-state index is 10.9. The molecular weight excluding hydrogens is 468 g/mol. The first kappa shape index (κ1) is 22.1. The molecule has 1 N–H and O–H groups in total. The summed E-state index contributed by atoms with van der Waals surface area (Å²) in [5.74, 6) is 1.33. The van der Waals surface area contributed by atoms with Gasteiger partial charge in [0.1, 0.15) is 5.82 Å². The van der Waals surface area contributed by atoms with Gasteiger partial charge in [0.15, 0.2) is 5.65 Å². The third-order valence-electron chi connectivity index (χ3n) is 5.82. The lowest BCUT2D eigenvalue weighted by molar-refractivity contribution is -0.384. The molecule has 0 bridgehead atoms. The van der Waals surface area contributed by atoms with Crippen LogP contribution >= 0.6 is 0 Å². The van der Waals surface area contributed by atoms with E-state index in [9.17, 15) is 10.1 Å². The third kappa shape index (κ3) is 4.48. The molecule has 0 spiro atoms. The second-order valence-corrected chi connectivity index (χ2v) is 8.22. The average molecular weight is 486 g/mol. The molecule has 0 amide bonds. The van der Waals surface area contributed by atoms with Crippen LogP contribution in [0.25, 0.3) is 45.1 Å². The van der Waals surface area contributed by atoms with Gasteiger partial charge in [-0.15, -0.1) is 10.2 Å². The zero-order valence-electron chi connectivity index (χ0n) is 19.3. The number of benzene rings is 3. The Kier molecular flexibility index (Phi) is 5.55. The van der Waals surface area contributed by atoms with E-state index in [1.54, 1.807) is 18.3 Å². The fourth-order valence-electron chi connectivity index (χ4n) is 3.95. The highest BCUT2D eigenvalue weighted by Gasteiger charge is 2.14. The molecule has 3 aromatic carbocycles. The summed E-state index contributed by atoms with van der Waals surface area (Å²) < 4.78 is 5.81. The molecule has 0 radical (unpaired) electrons. The summed E-state index contributed by atoms with van der Waals surface area (Å²) in [5, 5.41) is 23.5. The number of nitrogens with zero attached hydrogens (tertiary/aromatic N) is 5. The molecule has 9 nitrogen and oxygen atoms in total. The predicted octanol–water partition coefficient (Wildman–Crippen LogP) is 6.67. The van der Waals surface area contributed by atoms with Crippen molar-refractivity contribution in [3.8, 4) is 34.0 Å². The zero-order chi connectivity index (χ0) is 25.2. The predicted molar refractivity (Wildman–Crippen MR) is 140 cm³/mol. The summed E-state index contributed by atoms with van der Waals surface area (Å²) in [7, 11) is 0. The van der Waals surface area contributed by atoms with Gasteiger partial charge in [0, 0.05) is 46.1 Å². The van der Waals surface area contributed by atoms with E-state index < -0.39 is 4.92 Å². The Morgan fingerprint density at radius 3 is 2.11 bits per heavy atom. The highest BCUT2D eigenvalue weighted by atomic mass is 16.6. The van der Waals surface area contributed by atoms with Crippen molar-refractivity contribution < 1.29 is 9.34 Å². The summed E-state index contributed by atoms with van der Waals surface area (Å²) in [5.41, 5.74) is 4.84. The van der Waals surface area contributed by atoms with Gasteiger partial charge in [0.2, 0.25) is 11.8 Å². The van der Waals surface area contributed by atoms with E-state index in [1.807, 2.05) is 66.7 Å². The monoisotopic (exact) mass is 486 g/mol. The van der Waals surface area contributed by atoms with Crippen LogP contribution in [0, 0.1) is 10.1 Å². The molecule has 0 fully saturated rings. The Morgan fingerprint density at radius 1 is 0.757 bits per heavy atom. The number of nitrogens with one attached hydrogen (secondary N) is 1. The maximum Gasteiger partial charge on any atom is 0.269 e. The molecule has 9 heteroatoms. The standard InChI is InChI=1S/C28H18N6O3/c35-34(36)23-14-10-20(11-15-23)28-33-32-27(37-28)19-8-12-22(13-9-19)30-26-24(18-5-2-1-3-6-18)17-21-7-4-16-29-25(21)31-26/h1-17H,(H,29,30,31). The number of nitro benzene ring substituents is 1. The van der Waals surface area contributed by atoms with Gasteiger partial charge >= 0.3 is 0 Å². The smallest absolute Gasteiger partial charge is 0.269 e. The fourth-order valence-corrected chi connectivity index (χ4v) is 3.95. The Morgan fingerprint density at radius 2 is 1.43 bits per heavy atom. The van der Waals surface area contributed by atoms with Crippen molar-refractivity contribution in [3.63, 3.8) is 0 Å². The van der Waals surface area contributed by atoms with E-state index in [1.165, 1.54) is 12.1 Å². The van der Waals surface area contributed by atoms with Gasteiger partial charge in [-0.1, -0.05) is 30.3 Å². The molecular formula is C28H18N6O3. The minimum atomic E-state index is -0.453. The number of nitro groups is 1. The van der Waals surface area contributed by atoms with Crippen LogP contribution in [-0.2, 0) is 0 Å². The summed E-state index contributed by atoms with van der Waals surface area (Å²) in [6.45, 7) is 0. The molecule has 0 aliphatic heterocycles. The highest BCUT2D eigenvalue weighted by Crippen LogP contribution is 2.32. The number of hydrogen-bond donors (Lipinski definition) is 1. The molecule has 0 unspecified atom stereocenters. The van der Waals surface area contributed by atoms with Crippen LogP contribution in [0.4, 0.5) is 17.2 Å². The fraction of sp³-hybridized carbons (Fsp3) is 0. The van der Waals surface area contributed by atoms with Crippen LogP contribution < -0.4 is 5.32 Å². The number of non-ortho nitro benzene ring substituents is 1. The molecule has 6 rings (SSSR count). The lowest BCUT2D eigenvalue weighted by Crippen LogP contribution is -1.98. The molecule has 0 saturated heterocycles. The molecule has 0 atom stereocenters. The van der Waals surface area contributed by atoms with Crippen molar-refractivity contribution >= 4 is 28.2 Å². The first-order valence-corrected chi connectivity index (χ1v) is 11.4. The number of anilines is 2. The Balaban J connectivity index is 1.27. The van der Waals surface area contributed by atoms with Gasteiger partial charge in [0.05, 0.1) is 4.92 Å². The molecule has 0 aliphatic rings. The minimum absolute atomic E-state index is 0.00122. The van der Waals surface area contributed by atoms with E-state index in [0.29, 0.717) is 22.9 Å². The van der Waals surface area contributed by atoms with Crippen molar-refractivity contribution in [3.05, 3.63) is 113 Å². The molecule has 178 valence electrons. The number of rotatable bonds is 6. The van der Waals surface area contributed by atoms with E-state index in [-0.39, 0.29) is 11.6 Å². The van der Waals surface area contributed by atoms with Gasteiger partial charge in [-0.2, -0.15) is 0 Å². The van der Waals surface area contributed by atoms with Crippen LogP contribution in [-0.4, -0.2) is 25.1 Å². The molecule has 0 aliphatic carbocycles. The first-order valence-electron chi connectivity index (χ1n) is 11.4. The Hall–Kier alpha value is -5.44. The summed E-state index contributed by atoms with van der Waals surface area (Å²) in [6.07, 6.45) is 1.73. The van der Waals surface area contributed by atoms with E-state index in [0.717, 1.165) is 27.8 Å². The number of hydrogen-bond acceptors (Lipinski definition) is 8. The van der Waals surface area contributed by atoms with E-state index in [2.05, 4.69) is 26.6 Å². The van der Waals surface area contributed by atoms with Gasteiger partial charge < -0.3 is 9.73 Å². The normalized spacial score (nSPS) is 10.9. The SMILES string of the molecule is O=[N+]([O-])c1ccc(-c2nnc(-c3ccc(Nc4nc5ncccc5cc4-c4ccccc4)cc3)o2)cc1. The van der Waals surface area contributed by atoms with E-state index in [4.69, 9.17) is 9.40 Å². The van der Waals surface area contributed by atoms with Crippen molar-refractivity contribution in [2.75, 3.05) is 5.32 Å². The molecule has 0 saturated carbocycles. The zero-order valence-corrected chi connectivity index (χ0v) is 19.3. The van der Waals surface area contributed by atoms with Crippen molar-refractivity contribution in [2.45, 2.75) is 0 Å². The van der Waals surface area contributed by atoms with E-state index >= 15 is 0 Å². The second-order valence-electron chi connectivity index (χ2n) is 8.22. The highest BCUT2D eigenvalue weighted by molar-refractivity contribution is 5.89. The van der Waals surface area contributed by atoms with Crippen LogP contribution in [0.15, 0.2) is 108 Å². The maximum absolute atomic E-state index is 10.9. The number of pyridine rings is 2. The topological polar surface area (TPSA) is 120 Å². The van der Waals surface area contributed by atoms with Crippen LogP contribution in [0.3, 0.4) is 0 Å². The summed E-state index contributed by atoms with van der Waals surface area (Å²) >= 11 is 0. The van der Waals surface area contributed by atoms with Crippen LogP contribution in [0.1, 0.15) is 0 Å².